The molecule has 2 aromatic rings. The molecule has 2 rings (SSSR count). The molecule has 2 heteroatoms. The van der Waals surface area contributed by atoms with Crippen molar-refractivity contribution in [3.8, 4) is 11.1 Å². The Bertz CT molecular complexity index is 542. The Morgan fingerprint density at radius 2 is 1.79 bits per heavy atom. The summed E-state index contributed by atoms with van der Waals surface area (Å²) in [7, 11) is 1.97. The van der Waals surface area contributed by atoms with E-state index in [9.17, 15) is 4.39 Å². The maximum absolute atomic E-state index is 13.3. The molecule has 1 unspecified atom stereocenters. The van der Waals surface area contributed by atoms with Crippen LogP contribution in [-0.2, 0) is 0 Å². The zero-order valence-electron chi connectivity index (χ0n) is 11.7. The molecule has 1 atom stereocenters. The van der Waals surface area contributed by atoms with Gasteiger partial charge >= 0.3 is 0 Å². The number of rotatable bonds is 4. The molecule has 0 radical (unpaired) electrons. The summed E-state index contributed by atoms with van der Waals surface area (Å²) in [6, 6.07) is 13.7. The van der Waals surface area contributed by atoms with Crippen molar-refractivity contribution in [2.75, 3.05) is 7.05 Å². The van der Waals surface area contributed by atoms with Crippen molar-refractivity contribution in [1.29, 1.82) is 0 Å². The average Bonchev–Trinajstić information content (AvgIpc) is 2.44. The second kappa shape index (κ2) is 5.98. The van der Waals surface area contributed by atoms with Crippen LogP contribution in [0, 0.1) is 12.7 Å². The summed E-state index contributed by atoms with van der Waals surface area (Å²) in [6.07, 6.45) is 1.05. The molecule has 100 valence electrons. The summed E-state index contributed by atoms with van der Waals surface area (Å²) in [4.78, 5) is 0. The summed E-state index contributed by atoms with van der Waals surface area (Å²) in [5, 5.41) is 3.29. The maximum Gasteiger partial charge on any atom is 0.123 e. The Morgan fingerprint density at radius 3 is 2.37 bits per heavy atom. The van der Waals surface area contributed by atoms with Crippen LogP contribution in [0.4, 0.5) is 4.39 Å². The van der Waals surface area contributed by atoms with Crippen LogP contribution in [-0.4, -0.2) is 7.05 Å². The molecule has 0 saturated carbocycles. The van der Waals surface area contributed by atoms with E-state index in [4.69, 9.17) is 0 Å². The lowest BCUT2D eigenvalue weighted by Gasteiger charge is -2.15. The van der Waals surface area contributed by atoms with Gasteiger partial charge in [-0.25, -0.2) is 4.39 Å². The minimum Gasteiger partial charge on any atom is -0.313 e. The van der Waals surface area contributed by atoms with Gasteiger partial charge in [0, 0.05) is 6.04 Å². The second-order valence-electron chi connectivity index (χ2n) is 4.83. The molecule has 0 aliphatic heterocycles. The molecule has 1 N–H and O–H groups in total. The Morgan fingerprint density at radius 1 is 1.11 bits per heavy atom. The van der Waals surface area contributed by atoms with E-state index in [0.29, 0.717) is 6.04 Å². The first kappa shape index (κ1) is 13.8. The molecule has 0 aliphatic carbocycles. The number of hydrogen-bond acceptors (Lipinski definition) is 1. The van der Waals surface area contributed by atoms with Gasteiger partial charge in [0.1, 0.15) is 5.82 Å². The molecule has 0 bridgehead atoms. The summed E-state index contributed by atoms with van der Waals surface area (Å²) < 4.78 is 13.3. The fourth-order valence-corrected chi connectivity index (χ4v) is 2.41. The molecule has 1 nitrogen and oxygen atoms in total. The van der Waals surface area contributed by atoms with E-state index in [1.165, 1.54) is 11.6 Å². The maximum atomic E-state index is 13.3. The third-order valence-electron chi connectivity index (χ3n) is 3.58. The quantitative estimate of drug-likeness (QED) is 0.852. The zero-order chi connectivity index (χ0) is 13.8. The zero-order valence-corrected chi connectivity index (χ0v) is 11.7. The topological polar surface area (TPSA) is 12.0 Å². The fourth-order valence-electron chi connectivity index (χ4n) is 2.41. The van der Waals surface area contributed by atoms with Crippen molar-refractivity contribution >= 4 is 0 Å². The highest BCUT2D eigenvalue weighted by Gasteiger charge is 2.08. The van der Waals surface area contributed by atoms with Gasteiger partial charge < -0.3 is 5.32 Å². The van der Waals surface area contributed by atoms with E-state index in [1.54, 1.807) is 6.07 Å². The summed E-state index contributed by atoms with van der Waals surface area (Å²) in [5.74, 6) is -0.189. The fraction of sp³-hybridized carbons (Fsp3) is 0.294. The van der Waals surface area contributed by atoms with Crippen LogP contribution in [0.15, 0.2) is 42.5 Å². The molecule has 2 aromatic carbocycles. The van der Waals surface area contributed by atoms with Crippen LogP contribution < -0.4 is 5.32 Å². The van der Waals surface area contributed by atoms with Gasteiger partial charge in [0.15, 0.2) is 0 Å². The highest BCUT2D eigenvalue weighted by molar-refractivity contribution is 5.67. The van der Waals surface area contributed by atoms with Crippen molar-refractivity contribution in [1.82, 2.24) is 5.32 Å². The number of halogens is 1. The molecule has 0 spiro atoms. The van der Waals surface area contributed by atoms with E-state index < -0.39 is 0 Å². The van der Waals surface area contributed by atoms with Crippen molar-refractivity contribution in [2.45, 2.75) is 26.3 Å². The van der Waals surface area contributed by atoms with E-state index in [2.05, 4.69) is 36.5 Å². The summed E-state index contributed by atoms with van der Waals surface area (Å²) in [6.45, 7) is 4.16. The SMILES string of the molecule is CCC(NC)c1ccc(-c2cc(F)ccc2C)cc1. The normalized spacial score (nSPS) is 12.4. The Hall–Kier alpha value is -1.67. The van der Waals surface area contributed by atoms with Crippen molar-refractivity contribution in [3.63, 3.8) is 0 Å². The Kier molecular flexibility index (Phi) is 4.33. The van der Waals surface area contributed by atoms with Crippen LogP contribution in [0.25, 0.3) is 11.1 Å². The van der Waals surface area contributed by atoms with Gasteiger partial charge in [0.2, 0.25) is 0 Å². The lowest BCUT2D eigenvalue weighted by Crippen LogP contribution is -2.14. The standard InChI is InChI=1S/C17H20FN/c1-4-17(19-3)14-8-6-13(7-9-14)16-11-15(18)10-5-12(16)2/h5-11,17,19H,4H2,1-3H3. The van der Waals surface area contributed by atoms with Gasteiger partial charge in [-0.3, -0.25) is 0 Å². The summed E-state index contributed by atoms with van der Waals surface area (Å²) >= 11 is 0. The van der Waals surface area contributed by atoms with Crippen LogP contribution in [0.1, 0.15) is 30.5 Å². The predicted molar refractivity (Wildman–Crippen MR) is 78.7 cm³/mol. The molecular formula is C17H20FN. The minimum atomic E-state index is -0.189. The lowest BCUT2D eigenvalue weighted by atomic mass is 9.97. The van der Waals surface area contributed by atoms with Crippen LogP contribution in [0.2, 0.25) is 0 Å². The third-order valence-corrected chi connectivity index (χ3v) is 3.58. The van der Waals surface area contributed by atoms with E-state index in [1.807, 2.05) is 20.0 Å². The number of benzene rings is 2. The number of aryl methyl sites for hydroxylation is 1. The van der Waals surface area contributed by atoms with E-state index in [0.717, 1.165) is 23.1 Å². The van der Waals surface area contributed by atoms with Crippen LogP contribution in [0.3, 0.4) is 0 Å². The molecular weight excluding hydrogens is 237 g/mol. The molecule has 19 heavy (non-hydrogen) atoms. The number of hydrogen-bond donors (Lipinski definition) is 1. The third kappa shape index (κ3) is 3.02. The molecule has 0 aromatic heterocycles. The predicted octanol–water partition coefficient (Wildman–Crippen LogP) is 4.47. The van der Waals surface area contributed by atoms with Crippen molar-refractivity contribution in [2.24, 2.45) is 0 Å². The van der Waals surface area contributed by atoms with Crippen LogP contribution in [0.5, 0.6) is 0 Å². The molecule has 0 amide bonds. The summed E-state index contributed by atoms with van der Waals surface area (Å²) in [5.41, 5.74) is 4.38. The average molecular weight is 257 g/mol. The largest absolute Gasteiger partial charge is 0.313 e. The minimum absolute atomic E-state index is 0.189. The highest BCUT2D eigenvalue weighted by Crippen LogP contribution is 2.26. The lowest BCUT2D eigenvalue weighted by molar-refractivity contribution is 0.577. The van der Waals surface area contributed by atoms with E-state index in [-0.39, 0.29) is 5.82 Å². The van der Waals surface area contributed by atoms with Crippen molar-refractivity contribution in [3.05, 3.63) is 59.4 Å². The molecule has 0 fully saturated rings. The first-order chi connectivity index (χ1) is 9.15. The van der Waals surface area contributed by atoms with Gasteiger partial charge in [0.05, 0.1) is 0 Å². The van der Waals surface area contributed by atoms with Gasteiger partial charge in [-0.2, -0.15) is 0 Å². The Balaban J connectivity index is 2.34. The monoisotopic (exact) mass is 257 g/mol. The molecule has 0 saturated heterocycles. The number of nitrogens with one attached hydrogen (secondary N) is 1. The Labute approximate surface area is 114 Å². The highest BCUT2D eigenvalue weighted by atomic mass is 19.1. The van der Waals surface area contributed by atoms with Gasteiger partial charge in [0.25, 0.3) is 0 Å². The first-order valence-corrected chi connectivity index (χ1v) is 6.69. The molecule has 0 heterocycles. The first-order valence-electron chi connectivity index (χ1n) is 6.69. The van der Waals surface area contributed by atoms with Gasteiger partial charge in [-0.05, 0) is 54.8 Å². The van der Waals surface area contributed by atoms with Gasteiger partial charge in [-0.1, -0.05) is 37.3 Å². The second-order valence-corrected chi connectivity index (χ2v) is 4.83. The van der Waals surface area contributed by atoms with Crippen LogP contribution >= 0.6 is 0 Å². The van der Waals surface area contributed by atoms with E-state index >= 15 is 0 Å². The molecule has 0 aliphatic rings. The van der Waals surface area contributed by atoms with Crippen molar-refractivity contribution < 1.29 is 4.39 Å². The van der Waals surface area contributed by atoms with Gasteiger partial charge in [-0.15, -0.1) is 0 Å². The smallest absolute Gasteiger partial charge is 0.123 e.